The van der Waals surface area contributed by atoms with Gasteiger partial charge in [0, 0.05) is 36.7 Å². The number of nitrogens with two attached hydrogens (primary N) is 1. The number of hydrogen-bond acceptors (Lipinski definition) is 5. The normalized spacial score (nSPS) is 16.2. The largest absolute Gasteiger partial charge is 0.444 e. The topological polar surface area (TPSA) is 82.1 Å². The Bertz CT molecular complexity index is 786. The van der Waals surface area contributed by atoms with E-state index in [1.165, 1.54) is 0 Å². The van der Waals surface area contributed by atoms with Crippen molar-refractivity contribution in [3.8, 4) is 0 Å². The first-order valence-electron chi connectivity index (χ1n) is 9.05. The van der Waals surface area contributed by atoms with E-state index in [1.807, 2.05) is 50.6 Å². The van der Waals surface area contributed by atoms with E-state index in [4.69, 9.17) is 15.2 Å². The average molecular weight is 360 g/mol. The number of imidazole rings is 1. The van der Waals surface area contributed by atoms with Crippen LogP contribution in [0.1, 0.15) is 44.9 Å². The molecule has 2 aromatic heterocycles. The van der Waals surface area contributed by atoms with Gasteiger partial charge in [-0.3, -0.25) is 0 Å². The lowest BCUT2D eigenvalue weighted by Gasteiger charge is -2.33. The Kier molecular flexibility index (Phi) is 5.09. The molecule has 7 heteroatoms. The van der Waals surface area contributed by atoms with Crippen molar-refractivity contribution in [3.05, 3.63) is 29.7 Å². The molecule has 0 spiro atoms. The molecule has 0 radical (unpaired) electrons. The monoisotopic (exact) mass is 360 g/mol. The minimum absolute atomic E-state index is 0.101. The molecule has 2 aromatic rings. The Hall–Kier alpha value is -2.28. The molecule has 26 heavy (non-hydrogen) atoms. The Morgan fingerprint density at radius 2 is 2.04 bits per heavy atom. The van der Waals surface area contributed by atoms with Crippen molar-refractivity contribution >= 4 is 17.4 Å². The van der Waals surface area contributed by atoms with Gasteiger partial charge < -0.3 is 24.5 Å². The van der Waals surface area contributed by atoms with Crippen molar-refractivity contribution < 1.29 is 14.3 Å². The second kappa shape index (κ2) is 7.15. The maximum atomic E-state index is 12.1. The van der Waals surface area contributed by atoms with Crippen molar-refractivity contribution in [3.63, 3.8) is 0 Å². The number of carbonyl (C=O) groups is 1. The number of piperidine rings is 1. The molecular weight excluding hydrogens is 332 g/mol. The SMILES string of the molecule is Cc1cn2ccc(N)c(COC3CCN(C(=O)OC(C)(C)C)CC3)c2n1. The molecule has 0 aliphatic carbocycles. The van der Waals surface area contributed by atoms with E-state index in [0.717, 1.165) is 29.7 Å². The highest BCUT2D eigenvalue weighted by Crippen LogP contribution is 2.23. The molecule has 0 atom stereocenters. The highest BCUT2D eigenvalue weighted by atomic mass is 16.6. The molecule has 0 unspecified atom stereocenters. The van der Waals surface area contributed by atoms with Gasteiger partial charge in [0.25, 0.3) is 0 Å². The van der Waals surface area contributed by atoms with E-state index >= 15 is 0 Å². The van der Waals surface area contributed by atoms with Gasteiger partial charge in [0.1, 0.15) is 11.2 Å². The molecule has 0 aromatic carbocycles. The molecule has 2 N–H and O–H groups in total. The summed E-state index contributed by atoms with van der Waals surface area (Å²) in [7, 11) is 0. The first-order chi connectivity index (χ1) is 12.2. The molecule has 0 bridgehead atoms. The van der Waals surface area contributed by atoms with Gasteiger partial charge in [-0.1, -0.05) is 0 Å². The number of pyridine rings is 1. The van der Waals surface area contributed by atoms with Crippen LogP contribution in [0.4, 0.5) is 10.5 Å². The Morgan fingerprint density at radius 3 is 2.69 bits per heavy atom. The van der Waals surface area contributed by atoms with Crippen LogP contribution in [0.25, 0.3) is 5.65 Å². The number of anilines is 1. The second-order valence-electron chi connectivity index (χ2n) is 7.84. The third kappa shape index (κ3) is 4.27. The molecule has 1 amide bonds. The van der Waals surface area contributed by atoms with Crippen molar-refractivity contribution in [2.45, 2.75) is 58.8 Å². The zero-order valence-corrected chi connectivity index (χ0v) is 16.0. The van der Waals surface area contributed by atoms with Crippen molar-refractivity contribution in [2.24, 2.45) is 0 Å². The number of nitrogen functional groups attached to an aromatic ring is 1. The molecule has 142 valence electrons. The molecule has 1 aliphatic rings. The number of fused-ring (bicyclic) bond motifs is 1. The van der Waals surface area contributed by atoms with E-state index in [0.29, 0.717) is 25.4 Å². The van der Waals surface area contributed by atoms with Gasteiger partial charge in [-0.25, -0.2) is 9.78 Å². The maximum Gasteiger partial charge on any atom is 0.410 e. The molecule has 1 aliphatic heterocycles. The van der Waals surface area contributed by atoms with E-state index in [2.05, 4.69) is 4.98 Å². The van der Waals surface area contributed by atoms with Crippen molar-refractivity contribution in [2.75, 3.05) is 18.8 Å². The molecule has 1 saturated heterocycles. The van der Waals surface area contributed by atoms with Crippen molar-refractivity contribution in [1.82, 2.24) is 14.3 Å². The Morgan fingerprint density at radius 1 is 1.35 bits per heavy atom. The minimum atomic E-state index is -0.469. The number of hydrogen-bond donors (Lipinski definition) is 1. The van der Waals surface area contributed by atoms with Gasteiger partial charge >= 0.3 is 6.09 Å². The fourth-order valence-corrected chi connectivity index (χ4v) is 3.12. The Labute approximate surface area is 154 Å². The number of rotatable bonds is 3. The lowest BCUT2D eigenvalue weighted by atomic mass is 10.1. The number of likely N-dealkylation sites (tertiary alicyclic amines) is 1. The Balaban J connectivity index is 1.56. The fraction of sp³-hybridized carbons (Fsp3) is 0.579. The number of ether oxygens (including phenoxy) is 2. The highest BCUT2D eigenvalue weighted by molar-refractivity contribution is 5.68. The third-order valence-electron chi connectivity index (χ3n) is 4.44. The van der Waals surface area contributed by atoms with Crippen LogP contribution in [0.3, 0.4) is 0 Å². The fourth-order valence-electron chi connectivity index (χ4n) is 3.12. The summed E-state index contributed by atoms with van der Waals surface area (Å²) in [5, 5.41) is 0. The van der Waals surface area contributed by atoms with Gasteiger partial charge in [-0.05, 0) is 46.6 Å². The first-order valence-corrected chi connectivity index (χ1v) is 9.05. The van der Waals surface area contributed by atoms with Crippen LogP contribution in [-0.2, 0) is 16.1 Å². The zero-order chi connectivity index (χ0) is 18.9. The van der Waals surface area contributed by atoms with Crippen LogP contribution in [0.15, 0.2) is 18.5 Å². The lowest BCUT2D eigenvalue weighted by molar-refractivity contribution is -0.0167. The predicted molar refractivity (Wildman–Crippen MR) is 100.0 cm³/mol. The van der Waals surface area contributed by atoms with Crippen LogP contribution in [0.5, 0.6) is 0 Å². The van der Waals surface area contributed by atoms with Gasteiger partial charge in [-0.2, -0.15) is 0 Å². The van der Waals surface area contributed by atoms with E-state index in [-0.39, 0.29) is 12.2 Å². The summed E-state index contributed by atoms with van der Waals surface area (Å²) in [5.41, 5.74) is 9.05. The van der Waals surface area contributed by atoms with E-state index in [1.54, 1.807) is 4.90 Å². The number of aromatic nitrogens is 2. The van der Waals surface area contributed by atoms with Crippen LogP contribution in [0, 0.1) is 6.92 Å². The zero-order valence-electron chi connectivity index (χ0n) is 16.0. The number of carbonyl (C=O) groups excluding carboxylic acids is 1. The summed E-state index contributed by atoms with van der Waals surface area (Å²) in [6.45, 7) is 9.29. The summed E-state index contributed by atoms with van der Waals surface area (Å²) in [6, 6.07) is 1.87. The standard InChI is InChI=1S/C19H28N4O3/c1-13-11-23-10-7-16(20)15(17(23)21-13)12-25-14-5-8-22(9-6-14)18(24)26-19(2,3)4/h7,10-11,14H,5-6,8-9,12,20H2,1-4H3. The van der Waals surface area contributed by atoms with Gasteiger partial charge in [0.05, 0.1) is 18.4 Å². The average Bonchev–Trinajstić information content (AvgIpc) is 2.93. The lowest BCUT2D eigenvalue weighted by Crippen LogP contribution is -2.43. The molecule has 3 rings (SSSR count). The van der Waals surface area contributed by atoms with Crippen molar-refractivity contribution in [1.29, 1.82) is 0 Å². The van der Waals surface area contributed by atoms with Crippen LogP contribution in [0.2, 0.25) is 0 Å². The highest BCUT2D eigenvalue weighted by Gasteiger charge is 2.27. The first kappa shape index (κ1) is 18.5. The maximum absolute atomic E-state index is 12.1. The summed E-state index contributed by atoms with van der Waals surface area (Å²) < 4.78 is 13.5. The molecule has 3 heterocycles. The van der Waals surface area contributed by atoms with E-state index < -0.39 is 5.60 Å². The molecule has 0 saturated carbocycles. The third-order valence-corrected chi connectivity index (χ3v) is 4.44. The minimum Gasteiger partial charge on any atom is -0.444 e. The van der Waals surface area contributed by atoms with Crippen LogP contribution >= 0.6 is 0 Å². The smallest absolute Gasteiger partial charge is 0.410 e. The van der Waals surface area contributed by atoms with Crippen LogP contribution in [-0.4, -0.2) is 45.2 Å². The number of nitrogens with zero attached hydrogens (tertiary/aromatic N) is 3. The van der Waals surface area contributed by atoms with Gasteiger partial charge in [0.15, 0.2) is 0 Å². The van der Waals surface area contributed by atoms with E-state index in [9.17, 15) is 4.79 Å². The number of aryl methyl sites for hydroxylation is 1. The summed E-state index contributed by atoms with van der Waals surface area (Å²) in [4.78, 5) is 18.4. The van der Waals surface area contributed by atoms with Gasteiger partial charge in [-0.15, -0.1) is 0 Å². The van der Waals surface area contributed by atoms with Crippen LogP contribution < -0.4 is 5.73 Å². The molecular formula is C19H28N4O3. The second-order valence-corrected chi connectivity index (χ2v) is 7.84. The van der Waals surface area contributed by atoms with Gasteiger partial charge in [0.2, 0.25) is 0 Å². The predicted octanol–water partition coefficient (Wildman–Crippen LogP) is 3.14. The molecule has 7 nitrogen and oxygen atoms in total. The number of amides is 1. The summed E-state index contributed by atoms with van der Waals surface area (Å²) in [5.74, 6) is 0. The summed E-state index contributed by atoms with van der Waals surface area (Å²) >= 11 is 0. The molecule has 1 fully saturated rings. The quantitative estimate of drug-likeness (QED) is 0.909. The summed E-state index contributed by atoms with van der Waals surface area (Å²) in [6.07, 6.45) is 5.30.